The predicted octanol–water partition coefficient (Wildman–Crippen LogP) is 4.80. The number of anilines is 1. The zero-order chi connectivity index (χ0) is 23.9. The molecule has 1 heterocycles. The van der Waals surface area contributed by atoms with Gasteiger partial charge in [0.25, 0.3) is 5.91 Å². The van der Waals surface area contributed by atoms with E-state index in [1.807, 2.05) is 43.3 Å². The molecule has 2 amide bonds. The molecule has 0 aromatic heterocycles. The predicted molar refractivity (Wildman–Crippen MR) is 132 cm³/mol. The van der Waals surface area contributed by atoms with Crippen LogP contribution in [0.3, 0.4) is 0 Å². The number of aryl methyl sites for hydroxylation is 1. The molecule has 2 aliphatic rings. The second kappa shape index (κ2) is 8.96. The van der Waals surface area contributed by atoms with E-state index in [-0.39, 0.29) is 23.3 Å². The number of fused-ring (bicyclic) bond motifs is 1. The van der Waals surface area contributed by atoms with Crippen molar-refractivity contribution in [3.05, 3.63) is 72.3 Å². The standard InChI is InChI=1S/C27H28N2O4S/c1-19-11-14-22(15-12-19)28-26(30)18-25(27(28)31)29(23-9-3-2-4-10-23)34(32,33)24-16-13-20-7-5-6-8-21(20)17-24/h5-8,11-17,23,25H,2-4,9-10,18H2,1H3. The Labute approximate surface area is 200 Å². The lowest BCUT2D eigenvalue weighted by Gasteiger charge is -2.36. The van der Waals surface area contributed by atoms with Crippen molar-refractivity contribution in [1.29, 1.82) is 0 Å². The van der Waals surface area contributed by atoms with E-state index in [2.05, 4.69) is 0 Å². The van der Waals surface area contributed by atoms with Crippen LogP contribution in [0, 0.1) is 6.92 Å². The number of imide groups is 1. The van der Waals surface area contributed by atoms with Gasteiger partial charge in [0, 0.05) is 6.04 Å². The van der Waals surface area contributed by atoms with Crippen molar-refractivity contribution in [3.8, 4) is 0 Å². The molecule has 1 aliphatic carbocycles. The summed E-state index contributed by atoms with van der Waals surface area (Å²) in [5.74, 6) is -0.836. The van der Waals surface area contributed by atoms with E-state index >= 15 is 0 Å². The van der Waals surface area contributed by atoms with Gasteiger partial charge in [0.05, 0.1) is 17.0 Å². The van der Waals surface area contributed by atoms with Crippen LogP contribution in [0.25, 0.3) is 10.8 Å². The van der Waals surface area contributed by atoms with Crippen LogP contribution in [-0.4, -0.2) is 36.6 Å². The van der Waals surface area contributed by atoms with Crippen LogP contribution in [0.4, 0.5) is 5.69 Å². The minimum absolute atomic E-state index is 0.143. The average Bonchev–Trinajstić information content (AvgIpc) is 3.13. The highest BCUT2D eigenvalue weighted by atomic mass is 32.2. The molecule has 0 bridgehead atoms. The number of rotatable bonds is 5. The van der Waals surface area contributed by atoms with E-state index in [0.717, 1.165) is 40.5 Å². The fraction of sp³-hybridized carbons (Fsp3) is 0.333. The Morgan fingerprint density at radius 1 is 0.853 bits per heavy atom. The second-order valence-corrected chi connectivity index (χ2v) is 11.1. The number of hydrogen-bond donors (Lipinski definition) is 0. The first-order valence-electron chi connectivity index (χ1n) is 11.8. The Hall–Kier alpha value is -3.03. The summed E-state index contributed by atoms with van der Waals surface area (Å²) in [6.07, 6.45) is 4.10. The van der Waals surface area contributed by atoms with Crippen LogP contribution >= 0.6 is 0 Å². The number of carbonyl (C=O) groups is 2. The molecule has 34 heavy (non-hydrogen) atoms. The van der Waals surface area contributed by atoms with Crippen molar-refractivity contribution in [2.75, 3.05) is 4.90 Å². The van der Waals surface area contributed by atoms with Crippen LogP contribution in [0.1, 0.15) is 44.1 Å². The van der Waals surface area contributed by atoms with Crippen molar-refractivity contribution in [1.82, 2.24) is 4.31 Å². The highest BCUT2D eigenvalue weighted by molar-refractivity contribution is 7.89. The van der Waals surface area contributed by atoms with Gasteiger partial charge in [0.15, 0.2) is 0 Å². The molecule has 1 aliphatic heterocycles. The monoisotopic (exact) mass is 476 g/mol. The minimum atomic E-state index is -4.01. The number of benzene rings is 3. The molecule has 6 nitrogen and oxygen atoms in total. The van der Waals surface area contributed by atoms with E-state index in [1.165, 1.54) is 4.31 Å². The topological polar surface area (TPSA) is 74.8 Å². The van der Waals surface area contributed by atoms with E-state index in [1.54, 1.807) is 30.3 Å². The van der Waals surface area contributed by atoms with E-state index in [0.29, 0.717) is 18.5 Å². The molecule has 2 fully saturated rings. The largest absolute Gasteiger partial charge is 0.274 e. The number of amides is 2. The van der Waals surface area contributed by atoms with Gasteiger partial charge in [-0.05, 0) is 54.8 Å². The molecule has 7 heteroatoms. The van der Waals surface area contributed by atoms with Gasteiger partial charge in [-0.15, -0.1) is 0 Å². The highest BCUT2D eigenvalue weighted by Gasteiger charge is 2.49. The summed E-state index contributed by atoms with van der Waals surface area (Å²) in [5.41, 5.74) is 1.50. The Morgan fingerprint density at radius 2 is 1.53 bits per heavy atom. The van der Waals surface area contributed by atoms with E-state index in [9.17, 15) is 18.0 Å². The summed E-state index contributed by atoms with van der Waals surface area (Å²) in [6, 6.07) is 18.5. The summed E-state index contributed by atoms with van der Waals surface area (Å²) in [4.78, 5) is 27.9. The molecule has 1 atom stereocenters. The Kier molecular flexibility index (Phi) is 6.00. The molecule has 3 aromatic carbocycles. The number of hydrogen-bond acceptors (Lipinski definition) is 4. The molecule has 176 valence electrons. The quantitative estimate of drug-likeness (QED) is 0.496. The molecule has 5 rings (SSSR count). The van der Waals surface area contributed by atoms with Gasteiger partial charge in [-0.2, -0.15) is 4.31 Å². The van der Waals surface area contributed by atoms with Crippen molar-refractivity contribution >= 4 is 38.3 Å². The lowest BCUT2D eigenvalue weighted by Crippen LogP contribution is -2.51. The minimum Gasteiger partial charge on any atom is -0.274 e. The lowest BCUT2D eigenvalue weighted by molar-refractivity contribution is -0.122. The highest BCUT2D eigenvalue weighted by Crippen LogP contribution is 2.35. The number of sulfonamides is 1. The smallest absolute Gasteiger partial charge is 0.252 e. The van der Waals surface area contributed by atoms with Crippen LogP contribution in [0.5, 0.6) is 0 Å². The van der Waals surface area contributed by atoms with Crippen molar-refractivity contribution in [2.45, 2.75) is 62.4 Å². The van der Waals surface area contributed by atoms with Gasteiger partial charge >= 0.3 is 0 Å². The van der Waals surface area contributed by atoms with E-state index in [4.69, 9.17) is 0 Å². The first-order valence-corrected chi connectivity index (χ1v) is 13.3. The van der Waals surface area contributed by atoms with Gasteiger partial charge in [0.2, 0.25) is 15.9 Å². The van der Waals surface area contributed by atoms with Gasteiger partial charge in [-0.25, -0.2) is 13.3 Å². The maximum Gasteiger partial charge on any atom is 0.252 e. The summed E-state index contributed by atoms with van der Waals surface area (Å²) < 4.78 is 29.5. The SMILES string of the molecule is Cc1ccc(N2C(=O)CC(N(C3CCCCC3)S(=O)(=O)c3ccc4ccccc4c3)C2=O)cc1. The third kappa shape index (κ3) is 4.03. The summed E-state index contributed by atoms with van der Waals surface area (Å²) in [5, 5.41) is 1.77. The molecule has 1 saturated carbocycles. The number of carbonyl (C=O) groups excluding carboxylic acids is 2. The molecule has 1 unspecified atom stereocenters. The van der Waals surface area contributed by atoms with Crippen molar-refractivity contribution in [3.63, 3.8) is 0 Å². The first-order chi connectivity index (χ1) is 16.4. The molecule has 1 saturated heterocycles. The fourth-order valence-electron chi connectivity index (χ4n) is 5.18. The Bertz CT molecular complexity index is 1340. The summed E-state index contributed by atoms with van der Waals surface area (Å²) in [6.45, 7) is 1.93. The molecule has 3 aromatic rings. The molecular formula is C27H28N2O4S. The van der Waals surface area contributed by atoms with Crippen molar-refractivity contribution < 1.29 is 18.0 Å². The Morgan fingerprint density at radius 3 is 2.24 bits per heavy atom. The van der Waals surface area contributed by atoms with Crippen LogP contribution in [0.15, 0.2) is 71.6 Å². The maximum absolute atomic E-state index is 14.0. The third-order valence-corrected chi connectivity index (χ3v) is 8.91. The summed E-state index contributed by atoms with van der Waals surface area (Å²) >= 11 is 0. The molecule has 0 radical (unpaired) electrons. The Balaban J connectivity index is 1.56. The fourth-order valence-corrected chi connectivity index (χ4v) is 7.05. The normalized spacial score (nSPS) is 19.9. The third-order valence-electron chi connectivity index (χ3n) is 6.95. The maximum atomic E-state index is 14.0. The van der Waals surface area contributed by atoms with Crippen molar-refractivity contribution in [2.24, 2.45) is 0 Å². The first kappa shape index (κ1) is 22.7. The molecular weight excluding hydrogens is 448 g/mol. The number of nitrogens with zero attached hydrogens (tertiary/aromatic N) is 2. The lowest BCUT2D eigenvalue weighted by atomic mass is 9.94. The second-order valence-electron chi connectivity index (χ2n) is 9.26. The van der Waals surface area contributed by atoms with Gasteiger partial charge < -0.3 is 0 Å². The zero-order valence-electron chi connectivity index (χ0n) is 19.2. The van der Waals surface area contributed by atoms with Gasteiger partial charge in [-0.3, -0.25) is 9.59 Å². The summed E-state index contributed by atoms with van der Waals surface area (Å²) in [7, 11) is -4.01. The average molecular weight is 477 g/mol. The van der Waals surface area contributed by atoms with Gasteiger partial charge in [-0.1, -0.05) is 67.3 Å². The zero-order valence-corrected chi connectivity index (χ0v) is 20.0. The van der Waals surface area contributed by atoms with Crippen LogP contribution in [0.2, 0.25) is 0 Å². The van der Waals surface area contributed by atoms with Crippen LogP contribution in [-0.2, 0) is 19.6 Å². The van der Waals surface area contributed by atoms with Crippen LogP contribution < -0.4 is 4.90 Å². The van der Waals surface area contributed by atoms with Gasteiger partial charge in [0.1, 0.15) is 6.04 Å². The van der Waals surface area contributed by atoms with E-state index < -0.39 is 22.0 Å². The molecule has 0 spiro atoms. The molecule has 0 N–H and O–H groups in total.